The number of rotatable bonds is 1. The van der Waals surface area contributed by atoms with Gasteiger partial charge in [0.05, 0.1) is 6.04 Å². The zero-order valence-corrected chi connectivity index (χ0v) is 11.8. The van der Waals surface area contributed by atoms with E-state index in [1.54, 1.807) is 6.92 Å². The van der Waals surface area contributed by atoms with E-state index in [4.69, 9.17) is 4.74 Å². The van der Waals surface area contributed by atoms with Crippen molar-refractivity contribution in [2.45, 2.75) is 26.8 Å². The molecule has 2 N–H and O–H groups in total. The first-order chi connectivity index (χ1) is 8.31. The SMILES string of the molecule is Cc1cc(F)cc([C@H]2NC(=O)OCC2(C)C)c1O.Cl. The lowest BCUT2D eigenvalue weighted by atomic mass is 9.79. The van der Waals surface area contributed by atoms with Crippen LogP contribution in [-0.4, -0.2) is 17.8 Å². The van der Waals surface area contributed by atoms with Gasteiger partial charge in [0.2, 0.25) is 0 Å². The number of aromatic hydroxyl groups is 1. The molecular formula is C13H17ClFNO3. The number of nitrogens with one attached hydrogen (secondary N) is 1. The molecule has 1 aromatic rings. The molecule has 0 unspecified atom stereocenters. The average molecular weight is 290 g/mol. The van der Waals surface area contributed by atoms with E-state index in [0.717, 1.165) is 0 Å². The number of phenols is 1. The van der Waals surface area contributed by atoms with Crippen molar-refractivity contribution < 1.29 is 19.0 Å². The lowest BCUT2D eigenvalue weighted by Gasteiger charge is -2.38. The van der Waals surface area contributed by atoms with E-state index in [2.05, 4.69) is 5.32 Å². The van der Waals surface area contributed by atoms with Crippen LogP contribution in [0.5, 0.6) is 5.75 Å². The summed E-state index contributed by atoms with van der Waals surface area (Å²) in [5.74, 6) is -0.423. The number of hydrogen-bond donors (Lipinski definition) is 2. The van der Waals surface area contributed by atoms with Crippen LogP contribution in [-0.2, 0) is 4.74 Å². The molecule has 1 aliphatic rings. The number of hydrogen-bond acceptors (Lipinski definition) is 3. The van der Waals surface area contributed by atoms with Gasteiger partial charge in [0.15, 0.2) is 0 Å². The summed E-state index contributed by atoms with van der Waals surface area (Å²) in [5.41, 5.74) is 0.404. The summed E-state index contributed by atoms with van der Waals surface area (Å²) in [4.78, 5) is 11.3. The van der Waals surface area contributed by atoms with Gasteiger partial charge in [0.1, 0.15) is 18.2 Å². The van der Waals surface area contributed by atoms with Crippen molar-refractivity contribution in [1.82, 2.24) is 5.32 Å². The van der Waals surface area contributed by atoms with Crippen molar-refractivity contribution in [2.24, 2.45) is 5.41 Å². The lowest BCUT2D eigenvalue weighted by molar-refractivity contribution is 0.0380. The van der Waals surface area contributed by atoms with Crippen LogP contribution in [0.4, 0.5) is 9.18 Å². The van der Waals surface area contributed by atoms with Gasteiger partial charge < -0.3 is 15.2 Å². The summed E-state index contributed by atoms with van der Waals surface area (Å²) in [7, 11) is 0. The molecule has 1 atom stereocenters. The van der Waals surface area contributed by atoms with Crippen LogP contribution < -0.4 is 5.32 Å². The smallest absolute Gasteiger partial charge is 0.407 e. The van der Waals surface area contributed by atoms with Crippen molar-refractivity contribution in [3.63, 3.8) is 0 Å². The number of ether oxygens (including phenoxy) is 1. The highest BCUT2D eigenvalue weighted by atomic mass is 35.5. The number of carbonyl (C=O) groups is 1. The van der Waals surface area contributed by atoms with Gasteiger partial charge in [-0.2, -0.15) is 0 Å². The number of aryl methyl sites for hydroxylation is 1. The minimum Gasteiger partial charge on any atom is -0.507 e. The van der Waals surface area contributed by atoms with Gasteiger partial charge in [-0.1, -0.05) is 13.8 Å². The molecule has 0 saturated carbocycles. The largest absolute Gasteiger partial charge is 0.507 e. The van der Waals surface area contributed by atoms with Gasteiger partial charge in [-0.15, -0.1) is 12.4 Å². The van der Waals surface area contributed by atoms with Crippen LogP contribution >= 0.6 is 12.4 Å². The molecule has 0 bridgehead atoms. The van der Waals surface area contributed by atoms with Crippen LogP contribution in [0.15, 0.2) is 12.1 Å². The topological polar surface area (TPSA) is 58.6 Å². The van der Waals surface area contributed by atoms with Crippen molar-refractivity contribution in [3.8, 4) is 5.75 Å². The van der Waals surface area contributed by atoms with Crippen molar-refractivity contribution in [2.75, 3.05) is 6.61 Å². The first-order valence-corrected chi connectivity index (χ1v) is 5.73. The van der Waals surface area contributed by atoms with Crippen LogP contribution in [0.25, 0.3) is 0 Å². The quantitative estimate of drug-likeness (QED) is 0.835. The molecule has 1 heterocycles. The first-order valence-electron chi connectivity index (χ1n) is 5.73. The summed E-state index contributed by atoms with van der Waals surface area (Å²) in [6, 6.07) is 2.03. The van der Waals surface area contributed by atoms with E-state index in [1.165, 1.54) is 12.1 Å². The Bertz CT molecular complexity index is 505. The summed E-state index contributed by atoms with van der Waals surface area (Å²) in [6.45, 7) is 5.61. The Balaban J connectivity index is 0.00000180. The fraction of sp³-hybridized carbons (Fsp3) is 0.462. The Labute approximate surface area is 117 Å². The van der Waals surface area contributed by atoms with E-state index < -0.39 is 23.4 Å². The molecule has 106 valence electrons. The van der Waals surface area contributed by atoms with Crippen LogP contribution in [0.1, 0.15) is 31.0 Å². The molecule has 0 aliphatic carbocycles. The Hall–Kier alpha value is -1.49. The maximum atomic E-state index is 13.5. The second-order valence-electron chi connectivity index (χ2n) is 5.30. The van der Waals surface area contributed by atoms with Crippen LogP contribution in [0.3, 0.4) is 0 Å². The predicted molar refractivity (Wildman–Crippen MR) is 71.1 cm³/mol. The molecule has 4 nitrogen and oxygen atoms in total. The number of alkyl carbamates (subject to hydrolysis) is 1. The molecule has 6 heteroatoms. The third-order valence-electron chi connectivity index (χ3n) is 3.22. The zero-order valence-electron chi connectivity index (χ0n) is 11.0. The summed E-state index contributed by atoms with van der Waals surface area (Å²) < 4.78 is 18.4. The minimum atomic E-state index is -0.555. The number of phenolic OH excluding ortho intramolecular Hbond substituents is 1. The molecule has 0 radical (unpaired) electrons. The average Bonchev–Trinajstić information content (AvgIpc) is 2.27. The summed E-state index contributed by atoms with van der Waals surface area (Å²) in [6.07, 6.45) is -0.555. The van der Waals surface area contributed by atoms with Gasteiger partial charge >= 0.3 is 6.09 Å². The van der Waals surface area contributed by atoms with E-state index in [9.17, 15) is 14.3 Å². The molecular weight excluding hydrogens is 273 g/mol. The highest BCUT2D eigenvalue weighted by Crippen LogP contribution is 2.41. The monoisotopic (exact) mass is 289 g/mol. The van der Waals surface area contributed by atoms with Crippen molar-refractivity contribution in [3.05, 3.63) is 29.1 Å². The second-order valence-corrected chi connectivity index (χ2v) is 5.30. The predicted octanol–water partition coefficient (Wildman–Crippen LogP) is 3.07. The maximum absolute atomic E-state index is 13.5. The molecule has 1 aromatic carbocycles. The third-order valence-corrected chi connectivity index (χ3v) is 3.22. The van der Waals surface area contributed by atoms with Crippen molar-refractivity contribution in [1.29, 1.82) is 0 Å². The van der Waals surface area contributed by atoms with E-state index >= 15 is 0 Å². The van der Waals surface area contributed by atoms with E-state index in [0.29, 0.717) is 11.1 Å². The first kappa shape index (κ1) is 15.6. The highest BCUT2D eigenvalue weighted by Gasteiger charge is 2.39. The number of benzene rings is 1. The van der Waals surface area contributed by atoms with Crippen molar-refractivity contribution >= 4 is 18.5 Å². The van der Waals surface area contributed by atoms with Gasteiger partial charge in [-0.25, -0.2) is 9.18 Å². The third kappa shape index (κ3) is 2.92. The molecule has 1 amide bonds. The fourth-order valence-corrected chi connectivity index (χ4v) is 2.17. The molecule has 0 aromatic heterocycles. The fourth-order valence-electron chi connectivity index (χ4n) is 2.17. The van der Waals surface area contributed by atoms with Crippen LogP contribution in [0, 0.1) is 18.2 Å². The normalized spacial score (nSPS) is 21.1. The van der Waals surface area contributed by atoms with Gasteiger partial charge in [-0.3, -0.25) is 0 Å². The van der Waals surface area contributed by atoms with Crippen LogP contribution in [0.2, 0.25) is 0 Å². The Morgan fingerprint density at radius 3 is 2.74 bits per heavy atom. The Morgan fingerprint density at radius 1 is 1.47 bits per heavy atom. The zero-order chi connectivity index (χ0) is 13.5. The molecule has 1 fully saturated rings. The van der Waals surface area contributed by atoms with E-state index in [1.807, 2.05) is 13.8 Å². The number of halogens is 2. The Morgan fingerprint density at radius 2 is 2.11 bits per heavy atom. The minimum absolute atomic E-state index is 0. The van der Waals surface area contributed by atoms with Gasteiger partial charge in [0, 0.05) is 11.0 Å². The molecule has 0 spiro atoms. The highest BCUT2D eigenvalue weighted by molar-refractivity contribution is 5.85. The molecule has 1 saturated heterocycles. The molecule has 1 aliphatic heterocycles. The van der Waals surface area contributed by atoms with Gasteiger partial charge in [0.25, 0.3) is 0 Å². The van der Waals surface area contributed by atoms with Gasteiger partial charge in [-0.05, 0) is 24.6 Å². The Kier molecular flexibility index (Phi) is 4.30. The maximum Gasteiger partial charge on any atom is 0.407 e. The standard InChI is InChI=1S/C13H16FNO3.ClH/c1-7-4-8(14)5-9(10(7)16)11-13(2,3)6-18-12(17)15-11;/h4-5,11,16H,6H2,1-3H3,(H,15,17);1H/t11-;/m1./s1. The summed E-state index contributed by atoms with van der Waals surface area (Å²) in [5, 5.41) is 12.7. The van der Waals surface area contributed by atoms with E-state index in [-0.39, 0.29) is 24.8 Å². The molecule has 2 rings (SSSR count). The lowest BCUT2D eigenvalue weighted by Crippen LogP contribution is -2.47. The summed E-state index contributed by atoms with van der Waals surface area (Å²) >= 11 is 0. The second kappa shape index (κ2) is 5.25. The number of carbonyl (C=O) groups excluding carboxylic acids is 1. The number of amides is 1. The number of cyclic esters (lactones) is 1. The molecule has 19 heavy (non-hydrogen) atoms.